The van der Waals surface area contributed by atoms with Gasteiger partial charge < -0.3 is 10.1 Å². The Morgan fingerprint density at radius 2 is 2.30 bits per heavy atom. The summed E-state index contributed by atoms with van der Waals surface area (Å²) in [5.41, 5.74) is 1.79. The minimum Gasteiger partial charge on any atom is -0.502 e. The van der Waals surface area contributed by atoms with Gasteiger partial charge in [0.25, 0.3) is 0 Å². The molecule has 0 saturated heterocycles. The first-order chi connectivity index (χ1) is 9.56. The first kappa shape index (κ1) is 16.4. The molecule has 110 valence electrons. The first-order valence-corrected chi connectivity index (χ1v) is 7.55. The molecule has 20 heavy (non-hydrogen) atoms. The highest BCUT2D eigenvalue weighted by molar-refractivity contribution is 7.13. The van der Waals surface area contributed by atoms with Crippen molar-refractivity contribution in [3.63, 3.8) is 0 Å². The fourth-order valence-electron chi connectivity index (χ4n) is 1.44. The number of aromatic nitrogens is 1. The van der Waals surface area contributed by atoms with Crippen molar-refractivity contribution in [1.82, 2.24) is 4.98 Å². The van der Waals surface area contributed by atoms with E-state index in [1.54, 1.807) is 18.4 Å². The van der Waals surface area contributed by atoms with E-state index in [-0.39, 0.29) is 0 Å². The van der Waals surface area contributed by atoms with Crippen molar-refractivity contribution in [3.05, 3.63) is 35.1 Å². The van der Waals surface area contributed by atoms with Gasteiger partial charge in [-0.25, -0.2) is 4.98 Å². The standard InChI is InChI=1S/C15H23N3OS/c1-6-7-13(16-9-8-12(4)19-5)14-10-20-15(18-14)17-11(2)3/h6-8,10-11H,9H2,1-5H3,(H,17,18)/b7-6-,12-8+,16-13?. The van der Waals surface area contributed by atoms with Gasteiger partial charge in [0, 0.05) is 11.4 Å². The lowest BCUT2D eigenvalue weighted by Gasteiger charge is -2.04. The maximum atomic E-state index is 5.10. The number of methoxy groups -OCH3 is 1. The van der Waals surface area contributed by atoms with E-state index in [4.69, 9.17) is 4.74 Å². The molecule has 0 aliphatic carbocycles. The topological polar surface area (TPSA) is 46.5 Å². The molecule has 1 heterocycles. The van der Waals surface area contributed by atoms with Crippen molar-refractivity contribution in [2.24, 2.45) is 4.99 Å². The number of aliphatic imine (C=N–C) groups is 1. The molecule has 4 nitrogen and oxygen atoms in total. The van der Waals surface area contributed by atoms with Crippen LogP contribution in [0.25, 0.3) is 0 Å². The predicted octanol–water partition coefficient (Wildman–Crippen LogP) is 3.88. The van der Waals surface area contributed by atoms with Gasteiger partial charge in [-0.05, 0) is 39.8 Å². The molecule has 0 bridgehead atoms. The van der Waals surface area contributed by atoms with Crippen molar-refractivity contribution in [2.45, 2.75) is 33.7 Å². The van der Waals surface area contributed by atoms with Gasteiger partial charge in [0.05, 0.1) is 25.1 Å². The number of hydrogen-bond donors (Lipinski definition) is 1. The van der Waals surface area contributed by atoms with E-state index >= 15 is 0 Å². The SMILES string of the molecule is C/C=C\C(=NC/C=C(\C)OC)c1csc(NC(C)C)n1. The van der Waals surface area contributed by atoms with Crippen LogP contribution in [0, 0.1) is 0 Å². The van der Waals surface area contributed by atoms with Crippen LogP contribution in [-0.4, -0.2) is 30.4 Å². The number of allylic oxidation sites excluding steroid dienone is 3. The molecule has 0 unspecified atom stereocenters. The van der Waals surface area contributed by atoms with Crippen LogP contribution in [0.4, 0.5) is 5.13 Å². The summed E-state index contributed by atoms with van der Waals surface area (Å²) in [5, 5.41) is 6.25. The van der Waals surface area contributed by atoms with Crippen LogP contribution in [-0.2, 0) is 4.74 Å². The van der Waals surface area contributed by atoms with E-state index in [9.17, 15) is 0 Å². The summed E-state index contributed by atoms with van der Waals surface area (Å²) in [5.74, 6) is 0.869. The predicted molar refractivity (Wildman–Crippen MR) is 87.9 cm³/mol. The second-order valence-electron chi connectivity index (χ2n) is 4.58. The molecule has 0 aromatic carbocycles. The number of anilines is 1. The molecule has 0 spiro atoms. The number of thiazole rings is 1. The van der Waals surface area contributed by atoms with Crippen molar-refractivity contribution in [1.29, 1.82) is 0 Å². The summed E-state index contributed by atoms with van der Waals surface area (Å²) < 4.78 is 5.10. The molecule has 0 fully saturated rings. The summed E-state index contributed by atoms with van der Waals surface area (Å²) in [6.07, 6.45) is 5.90. The molecule has 0 saturated carbocycles. The normalized spacial score (nSPS) is 13.3. The zero-order chi connectivity index (χ0) is 15.0. The lowest BCUT2D eigenvalue weighted by molar-refractivity contribution is 0.292. The highest BCUT2D eigenvalue weighted by atomic mass is 32.1. The minimum absolute atomic E-state index is 0.378. The van der Waals surface area contributed by atoms with E-state index in [1.807, 2.05) is 37.5 Å². The Morgan fingerprint density at radius 1 is 1.55 bits per heavy atom. The molecule has 1 rings (SSSR count). The maximum Gasteiger partial charge on any atom is 0.183 e. The van der Waals surface area contributed by atoms with Gasteiger partial charge in [0.1, 0.15) is 5.69 Å². The van der Waals surface area contributed by atoms with Crippen LogP contribution in [0.3, 0.4) is 0 Å². The van der Waals surface area contributed by atoms with Crippen LogP contribution in [0.2, 0.25) is 0 Å². The monoisotopic (exact) mass is 293 g/mol. The van der Waals surface area contributed by atoms with E-state index in [0.29, 0.717) is 12.6 Å². The molecule has 0 aliphatic rings. The summed E-state index contributed by atoms with van der Waals surface area (Å²) in [6, 6.07) is 0.378. The summed E-state index contributed by atoms with van der Waals surface area (Å²) in [7, 11) is 1.66. The molecule has 0 radical (unpaired) electrons. The average Bonchev–Trinajstić information content (AvgIpc) is 2.85. The Bertz CT molecular complexity index is 501. The number of hydrogen-bond acceptors (Lipinski definition) is 5. The van der Waals surface area contributed by atoms with Gasteiger partial charge in [-0.1, -0.05) is 6.08 Å². The van der Waals surface area contributed by atoms with Gasteiger partial charge in [-0.15, -0.1) is 11.3 Å². The summed E-state index contributed by atoms with van der Waals surface area (Å²) >= 11 is 1.60. The van der Waals surface area contributed by atoms with E-state index in [2.05, 4.69) is 29.1 Å². The maximum absolute atomic E-state index is 5.10. The van der Waals surface area contributed by atoms with Crippen LogP contribution in [0.1, 0.15) is 33.4 Å². The van der Waals surface area contributed by atoms with Crippen LogP contribution >= 0.6 is 11.3 Å². The lowest BCUT2D eigenvalue weighted by Crippen LogP contribution is -2.09. The fraction of sp³-hybridized carbons (Fsp3) is 0.467. The van der Waals surface area contributed by atoms with Gasteiger partial charge >= 0.3 is 0 Å². The average molecular weight is 293 g/mol. The molecule has 0 aliphatic heterocycles. The van der Waals surface area contributed by atoms with Gasteiger partial charge in [-0.3, -0.25) is 4.99 Å². The Kier molecular flexibility index (Phi) is 7.01. The lowest BCUT2D eigenvalue weighted by atomic mass is 10.2. The quantitative estimate of drug-likeness (QED) is 0.613. The number of rotatable bonds is 7. The molecule has 1 aromatic rings. The summed E-state index contributed by atoms with van der Waals surface area (Å²) in [4.78, 5) is 9.11. The number of nitrogens with one attached hydrogen (secondary N) is 1. The zero-order valence-electron chi connectivity index (χ0n) is 12.8. The van der Waals surface area contributed by atoms with Gasteiger partial charge in [0.2, 0.25) is 0 Å². The third-order valence-electron chi connectivity index (χ3n) is 2.47. The molecule has 1 N–H and O–H groups in total. The molecule has 1 aromatic heterocycles. The minimum atomic E-state index is 0.378. The second-order valence-corrected chi connectivity index (χ2v) is 5.44. The molecular weight excluding hydrogens is 270 g/mol. The Hall–Kier alpha value is -1.62. The summed E-state index contributed by atoms with van der Waals surface area (Å²) in [6.45, 7) is 8.67. The van der Waals surface area contributed by atoms with E-state index in [0.717, 1.165) is 22.3 Å². The molecule has 0 amide bonds. The zero-order valence-corrected chi connectivity index (χ0v) is 13.6. The van der Waals surface area contributed by atoms with Crippen molar-refractivity contribution in [2.75, 3.05) is 19.0 Å². The molecule has 5 heteroatoms. The fourth-order valence-corrected chi connectivity index (χ4v) is 2.29. The molecular formula is C15H23N3OS. The third-order valence-corrected chi connectivity index (χ3v) is 3.24. The van der Waals surface area contributed by atoms with E-state index < -0.39 is 0 Å². The van der Waals surface area contributed by atoms with E-state index in [1.165, 1.54) is 0 Å². The van der Waals surface area contributed by atoms with Crippen LogP contribution < -0.4 is 5.32 Å². The number of ether oxygens (including phenoxy) is 1. The van der Waals surface area contributed by atoms with Crippen molar-refractivity contribution >= 4 is 22.2 Å². The van der Waals surface area contributed by atoms with Gasteiger partial charge in [-0.2, -0.15) is 0 Å². The Labute approximate surface area is 125 Å². The highest BCUT2D eigenvalue weighted by Gasteiger charge is 2.06. The van der Waals surface area contributed by atoms with Crippen molar-refractivity contribution < 1.29 is 4.74 Å². The smallest absolute Gasteiger partial charge is 0.183 e. The highest BCUT2D eigenvalue weighted by Crippen LogP contribution is 2.17. The largest absolute Gasteiger partial charge is 0.502 e. The van der Waals surface area contributed by atoms with Crippen LogP contribution in [0.5, 0.6) is 0 Å². The van der Waals surface area contributed by atoms with Crippen molar-refractivity contribution in [3.8, 4) is 0 Å². The third kappa shape index (κ3) is 5.57. The molecule has 0 atom stereocenters. The first-order valence-electron chi connectivity index (χ1n) is 6.67. The van der Waals surface area contributed by atoms with Crippen LogP contribution in [0.15, 0.2) is 34.4 Å². The Morgan fingerprint density at radius 3 is 2.90 bits per heavy atom. The Balaban J connectivity index is 2.85. The van der Waals surface area contributed by atoms with Gasteiger partial charge in [0.15, 0.2) is 5.13 Å². The second kappa shape index (κ2) is 8.53. The number of nitrogens with zero attached hydrogens (tertiary/aromatic N) is 2.